The number of benzene rings is 1. The molecule has 0 unspecified atom stereocenters. The lowest BCUT2D eigenvalue weighted by molar-refractivity contribution is -0.120. The highest BCUT2D eigenvalue weighted by molar-refractivity contribution is 5.81. The number of aryl methyl sites for hydroxylation is 2. The van der Waals surface area contributed by atoms with Gasteiger partial charge in [-0.25, -0.2) is 0 Å². The first-order valence-corrected chi connectivity index (χ1v) is 8.88. The molecule has 1 saturated carbocycles. The van der Waals surface area contributed by atoms with Gasteiger partial charge in [-0.15, -0.1) is 0 Å². The molecule has 0 aromatic heterocycles. The van der Waals surface area contributed by atoms with Crippen molar-refractivity contribution in [2.24, 2.45) is 0 Å². The minimum atomic E-state index is 0.125. The number of anilines is 1. The van der Waals surface area contributed by atoms with Crippen LogP contribution in [-0.4, -0.2) is 18.5 Å². The number of hydrogen-bond acceptors (Lipinski definition) is 2. The second-order valence-electron chi connectivity index (χ2n) is 6.27. The molecule has 0 heterocycles. The molecule has 0 saturated heterocycles. The largest absolute Gasteiger partial charge is 0.376 e. The standard InChI is InChI=1S/C19H30N2O/c1-3-15-10-9-11-16(4-2)19(15)20-14-18(22)21-17-12-7-5-6-8-13-17/h9-11,17,20H,3-8,12-14H2,1-2H3,(H,21,22). The fourth-order valence-corrected chi connectivity index (χ4v) is 3.34. The van der Waals surface area contributed by atoms with Crippen LogP contribution in [0.1, 0.15) is 63.5 Å². The summed E-state index contributed by atoms with van der Waals surface area (Å²) in [6.07, 6.45) is 9.37. The maximum absolute atomic E-state index is 12.2. The summed E-state index contributed by atoms with van der Waals surface area (Å²) < 4.78 is 0. The highest BCUT2D eigenvalue weighted by Gasteiger charge is 2.15. The van der Waals surface area contributed by atoms with Crippen LogP contribution in [0.3, 0.4) is 0 Å². The smallest absolute Gasteiger partial charge is 0.239 e. The van der Waals surface area contributed by atoms with Gasteiger partial charge in [-0.05, 0) is 36.8 Å². The van der Waals surface area contributed by atoms with Crippen molar-refractivity contribution < 1.29 is 4.79 Å². The average molecular weight is 302 g/mol. The van der Waals surface area contributed by atoms with E-state index in [9.17, 15) is 4.79 Å². The molecule has 0 radical (unpaired) electrons. The second-order valence-corrected chi connectivity index (χ2v) is 6.27. The molecule has 0 atom stereocenters. The molecule has 0 aliphatic heterocycles. The molecular weight excluding hydrogens is 272 g/mol. The van der Waals surface area contributed by atoms with E-state index >= 15 is 0 Å². The van der Waals surface area contributed by atoms with E-state index in [2.05, 4.69) is 42.7 Å². The van der Waals surface area contributed by atoms with E-state index in [0.717, 1.165) is 31.4 Å². The summed E-state index contributed by atoms with van der Waals surface area (Å²) in [4.78, 5) is 12.2. The maximum atomic E-state index is 12.2. The van der Waals surface area contributed by atoms with Gasteiger partial charge in [0.1, 0.15) is 0 Å². The van der Waals surface area contributed by atoms with Gasteiger partial charge in [0, 0.05) is 11.7 Å². The summed E-state index contributed by atoms with van der Waals surface area (Å²) in [7, 11) is 0. The molecule has 1 fully saturated rings. The predicted octanol–water partition coefficient (Wildman–Crippen LogP) is 4.06. The summed E-state index contributed by atoms with van der Waals surface area (Å²) in [6.45, 7) is 4.69. The molecule has 1 aromatic carbocycles. The number of hydrogen-bond donors (Lipinski definition) is 2. The highest BCUT2D eigenvalue weighted by atomic mass is 16.1. The lowest BCUT2D eigenvalue weighted by Crippen LogP contribution is -2.38. The lowest BCUT2D eigenvalue weighted by atomic mass is 10.0. The third-order valence-corrected chi connectivity index (χ3v) is 4.64. The predicted molar refractivity (Wildman–Crippen MR) is 93.3 cm³/mol. The van der Waals surface area contributed by atoms with Gasteiger partial charge in [-0.1, -0.05) is 57.7 Å². The van der Waals surface area contributed by atoms with Crippen LogP contribution in [0.15, 0.2) is 18.2 Å². The van der Waals surface area contributed by atoms with Crippen LogP contribution in [-0.2, 0) is 17.6 Å². The van der Waals surface area contributed by atoms with Gasteiger partial charge in [0.15, 0.2) is 0 Å². The Morgan fingerprint density at radius 1 is 1.05 bits per heavy atom. The monoisotopic (exact) mass is 302 g/mol. The lowest BCUT2D eigenvalue weighted by Gasteiger charge is -2.18. The number of carbonyl (C=O) groups is 1. The Hall–Kier alpha value is -1.51. The summed E-state index contributed by atoms with van der Waals surface area (Å²) >= 11 is 0. The summed E-state index contributed by atoms with van der Waals surface area (Å²) in [5.41, 5.74) is 3.74. The topological polar surface area (TPSA) is 41.1 Å². The summed E-state index contributed by atoms with van der Waals surface area (Å²) in [5.74, 6) is 0.125. The Balaban J connectivity index is 1.90. The highest BCUT2D eigenvalue weighted by Crippen LogP contribution is 2.22. The Morgan fingerprint density at radius 3 is 2.18 bits per heavy atom. The van der Waals surface area contributed by atoms with Gasteiger partial charge >= 0.3 is 0 Å². The molecule has 122 valence electrons. The first-order chi connectivity index (χ1) is 10.7. The van der Waals surface area contributed by atoms with Gasteiger partial charge in [-0.2, -0.15) is 0 Å². The molecule has 0 bridgehead atoms. The Labute approximate surface area is 134 Å². The van der Waals surface area contributed by atoms with Crippen LogP contribution in [0.25, 0.3) is 0 Å². The molecule has 1 aliphatic rings. The van der Waals surface area contributed by atoms with Gasteiger partial charge in [0.2, 0.25) is 5.91 Å². The third-order valence-electron chi connectivity index (χ3n) is 4.64. The van der Waals surface area contributed by atoms with Crippen molar-refractivity contribution >= 4 is 11.6 Å². The van der Waals surface area contributed by atoms with E-state index in [1.807, 2.05) is 0 Å². The zero-order chi connectivity index (χ0) is 15.8. The molecule has 1 aromatic rings. The zero-order valence-electron chi connectivity index (χ0n) is 14.1. The molecule has 3 nitrogen and oxygen atoms in total. The van der Waals surface area contributed by atoms with Crippen molar-refractivity contribution in [2.75, 3.05) is 11.9 Å². The first kappa shape index (κ1) is 16.9. The molecule has 1 aliphatic carbocycles. The van der Waals surface area contributed by atoms with Crippen LogP contribution in [0, 0.1) is 0 Å². The number of carbonyl (C=O) groups excluding carboxylic acids is 1. The Bertz CT molecular complexity index is 454. The summed E-state index contributed by atoms with van der Waals surface area (Å²) in [6, 6.07) is 6.77. The van der Waals surface area contributed by atoms with Crippen LogP contribution in [0.4, 0.5) is 5.69 Å². The molecule has 0 spiro atoms. The minimum absolute atomic E-state index is 0.125. The molecule has 3 heteroatoms. The van der Waals surface area contributed by atoms with E-state index in [4.69, 9.17) is 0 Å². The van der Waals surface area contributed by atoms with Gasteiger partial charge in [0.25, 0.3) is 0 Å². The van der Waals surface area contributed by atoms with E-state index in [1.165, 1.54) is 36.8 Å². The van der Waals surface area contributed by atoms with Gasteiger partial charge in [0.05, 0.1) is 6.54 Å². The minimum Gasteiger partial charge on any atom is -0.376 e. The van der Waals surface area contributed by atoms with E-state index in [-0.39, 0.29) is 5.91 Å². The van der Waals surface area contributed by atoms with Crippen LogP contribution in [0.2, 0.25) is 0 Å². The number of nitrogens with one attached hydrogen (secondary N) is 2. The van der Waals surface area contributed by atoms with Crippen LogP contribution >= 0.6 is 0 Å². The molecule has 22 heavy (non-hydrogen) atoms. The van der Waals surface area contributed by atoms with Crippen molar-refractivity contribution in [1.82, 2.24) is 5.32 Å². The van der Waals surface area contributed by atoms with Crippen molar-refractivity contribution in [3.05, 3.63) is 29.3 Å². The second kappa shape index (κ2) is 8.82. The van der Waals surface area contributed by atoms with E-state index in [0.29, 0.717) is 12.6 Å². The fraction of sp³-hybridized carbons (Fsp3) is 0.632. The van der Waals surface area contributed by atoms with Crippen molar-refractivity contribution in [3.63, 3.8) is 0 Å². The number of amides is 1. The maximum Gasteiger partial charge on any atom is 0.239 e. The number of para-hydroxylation sites is 1. The quantitative estimate of drug-likeness (QED) is 0.778. The average Bonchev–Trinajstić information content (AvgIpc) is 2.81. The third kappa shape index (κ3) is 4.75. The first-order valence-electron chi connectivity index (χ1n) is 8.88. The van der Waals surface area contributed by atoms with Crippen LogP contribution < -0.4 is 10.6 Å². The molecule has 2 N–H and O–H groups in total. The Kier molecular flexibility index (Phi) is 6.75. The molecule has 1 amide bonds. The molecular formula is C19H30N2O. The van der Waals surface area contributed by atoms with Crippen molar-refractivity contribution in [3.8, 4) is 0 Å². The number of rotatable bonds is 6. The van der Waals surface area contributed by atoms with E-state index in [1.54, 1.807) is 0 Å². The Morgan fingerprint density at radius 2 is 1.64 bits per heavy atom. The molecule has 2 rings (SSSR count). The SMILES string of the molecule is CCc1cccc(CC)c1NCC(=O)NC1CCCCCC1. The van der Waals surface area contributed by atoms with E-state index < -0.39 is 0 Å². The van der Waals surface area contributed by atoms with Crippen molar-refractivity contribution in [1.29, 1.82) is 0 Å². The fourth-order valence-electron chi connectivity index (χ4n) is 3.34. The normalized spacial score (nSPS) is 16.1. The van der Waals surface area contributed by atoms with Crippen LogP contribution in [0.5, 0.6) is 0 Å². The van der Waals surface area contributed by atoms with Gasteiger partial charge < -0.3 is 10.6 Å². The summed E-state index contributed by atoms with van der Waals surface area (Å²) in [5, 5.41) is 6.58. The zero-order valence-corrected chi connectivity index (χ0v) is 14.1. The van der Waals surface area contributed by atoms with Crippen molar-refractivity contribution in [2.45, 2.75) is 71.3 Å². The van der Waals surface area contributed by atoms with Gasteiger partial charge in [-0.3, -0.25) is 4.79 Å².